The van der Waals surface area contributed by atoms with Crippen molar-refractivity contribution in [3.05, 3.63) is 56.5 Å². The fraction of sp³-hybridized carbons (Fsp3) is 0.231. The van der Waals surface area contributed by atoms with E-state index in [2.05, 4.69) is 20.9 Å². The van der Waals surface area contributed by atoms with Crippen LogP contribution >= 0.6 is 15.9 Å². The zero-order chi connectivity index (χ0) is 13.1. The van der Waals surface area contributed by atoms with Gasteiger partial charge in [0.2, 0.25) is 5.88 Å². The first kappa shape index (κ1) is 12.8. The molecule has 0 unspecified atom stereocenters. The van der Waals surface area contributed by atoms with Crippen molar-refractivity contribution in [2.45, 2.75) is 13.5 Å². The summed E-state index contributed by atoms with van der Waals surface area (Å²) in [4.78, 5) is 16.1. The van der Waals surface area contributed by atoms with Crippen LogP contribution in [0.2, 0.25) is 0 Å². The van der Waals surface area contributed by atoms with Gasteiger partial charge in [0.15, 0.2) is 0 Å². The first-order valence-electron chi connectivity index (χ1n) is 5.46. The largest absolute Gasteiger partial charge is 0.481 e. The number of aryl methyl sites for hydroxylation is 1. The zero-order valence-corrected chi connectivity index (χ0v) is 11.8. The summed E-state index contributed by atoms with van der Waals surface area (Å²) in [6.45, 7) is 2.24. The van der Waals surface area contributed by atoms with Crippen LogP contribution in [0.25, 0.3) is 0 Å². The summed E-state index contributed by atoms with van der Waals surface area (Å²) >= 11 is 3.39. The maximum Gasteiger partial charge on any atom is 0.253 e. The standard InChI is InChI=1S/C13H13BrN2O2/c1-9-6-11(14)8-16(13(9)17)7-10-4-3-5-15-12(10)18-2/h3-6,8H,7H2,1-2H3. The highest BCUT2D eigenvalue weighted by Gasteiger charge is 2.07. The molecule has 0 radical (unpaired) electrons. The highest BCUT2D eigenvalue weighted by atomic mass is 79.9. The van der Waals surface area contributed by atoms with Crippen LogP contribution in [0.3, 0.4) is 0 Å². The van der Waals surface area contributed by atoms with Gasteiger partial charge in [-0.25, -0.2) is 4.98 Å². The minimum absolute atomic E-state index is 0.0101. The quantitative estimate of drug-likeness (QED) is 0.874. The first-order valence-corrected chi connectivity index (χ1v) is 6.25. The lowest BCUT2D eigenvalue weighted by molar-refractivity contribution is 0.391. The normalized spacial score (nSPS) is 10.4. The lowest BCUT2D eigenvalue weighted by Gasteiger charge is -2.10. The van der Waals surface area contributed by atoms with Gasteiger partial charge >= 0.3 is 0 Å². The zero-order valence-electron chi connectivity index (χ0n) is 10.2. The van der Waals surface area contributed by atoms with Crippen LogP contribution in [0, 0.1) is 6.92 Å². The molecule has 94 valence electrons. The highest BCUT2D eigenvalue weighted by molar-refractivity contribution is 9.10. The Morgan fingerprint density at radius 1 is 1.50 bits per heavy atom. The van der Waals surface area contributed by atoms with Gasteiger partial charge in [-0.05, 0) is 35.0 Å². The van der Waals surface area contributed by atoms with E-state index in [0.717, 1.165) is 10.0 Å². The summed E-state index contributed by atoms with van der Waals surface area (Å²) in [5.41, 5.74) is 1.57. The van der Waals surface area contributed by atoms with Crippen LogP contribution in [-0.2, 0) is 6.54 Å². The van der Waals surface area contributed by atoms with E-state index >= 15 is 0 Å². The van der Waals surface area contributed by atoms with E-state index in [9.17, 15) is 4.79 Å². The number of aromatic nitrogens is 2. The van der Waals surface area contributed by atoms with Crippen LogP contribution in [0.5, 0.6) is 5.88 Å². The van der Waals surface area contributed by atoms with Crippen molar-refractivity contribution in [2.75, 3.05) is 7.11 Å². The van der Waals surface area contributed by atoms with E-state index in [1.54, 1.807) is 37.1 Å². The predicted octanol–water partition coefficient (Wildman–Crippen LogP) is 2.37. The van der Waals surface area contributed by atoms with E-state index in [1.807, 2.05) is 12.1 Å². The Morgan fingerprint density at radius 2 is 2.28 bits per heavy atom. The van der Waals surface area contributed by atoms with Crippen molar-refractivity contribution in [3.63, 3.8) is 0 Å². The number of rotatable bonds is 3. The molecule has 2 rings (SSSR count). The van der Waals surface area contributed by atoms with Gasteiger partial charge in [0.25, 0.3) is 5.56 Å². The summed E-state index contributed by atoms with van der Waals surface area (Å²) in [6, 6.07) is 5.53. The van der Waals surface area contributed by atoms with Crippen molar-refractivity contribution in [1.82, 2.24) is 9.55 Å². The van der Waals surface area contributed by atoms with Gasteiger partial charge in [-0.2, -0.15) is 0 Å². The lowest BCUT2D eigenvalue weighted by Crippen LogP contribution is -2.22. The number of hydrogen-bond donors (Lipinski definition) is 0. The van der Waals surface area contributed by atoms with Crippen molar-refractivity contribution in [3.8, 4) is 5.88 Å². The van der Waals surface area contributed by atoms with Gasteiger partial charge in [0.1, 0.15) is 0 Å². The topological polar surface area (TPSA) is 44.1 Å². The van der Waals surface area contributed by atoms with Crippen molar-refractivity contribution in [1.29, 1.82) is 0 Å². The van der Waals surface area contributed by atoms with Gasteiger partial charge in [-0.1, -0.05) is 6.07 Å². The van der Waals surface area contributed by atoms with Crippen LogP contribution in [0.15, 0.2) is 39.9 Å². The summed E-state index contributed by atoms with van der Waals surface area (Å²) in [6.07, 6.45) is 3.43. The summed E-state index contributed by atoms with van der Waals surface area (Å²) in [5, 5.41) is 0. The van der Waals surface area contributed by atoms with Crippen molar-refractivity contribution >= 4 is 15.9 Å². The third-order valence-corrected chi connectivity index (χ3v) is 3.05. The average Bonchev–Trinajstić information content (AvgIpc) is 2.36. The number of methoxy groups -OCH3 is 1. The van der Waals surface area contributed by atoms with E-state index < -0.39 is 0 Å². The third kappa shape index (κ3) is 2.61. The molecular formula is C13H13BrN2O2. The predicted molar refractivity (Wildman–Crippen MR) is 73.0 cm³/mol. The molecule has 5 heteroatoms. The Balaban J connectivity index is 2.43. The summed E-state index contributed by atoms with van der Waals surface area (Å²) in [7, 11) is 1.57. The van der Waals surface area contributed by atoms with Gasteiger partial charge in [-0.15, -0.1) is 0 Å². The molecule has 2 aromatic heterocycles. The van der Waals surface area contributed by atoms with Crippen molar-refractivity contribution in [2.24, 2.45) is 0 Å². The van der Waals surface area contributed by atoms with E-state index in [1.165, 1.54) is 0 Å². The Labute approximate surface area is 113 Å². The second-order valence-corrected chi connectivity index (χ2v) is 4.86. The third-order valence-electron chi connectivity index (χ3n) is 2.62. The molecule has 0 saturated carbocycles. The van der Waals surface area contributed by atoms with Gasteiger partial charge in [0.05, 0.1) is 13.7 Å². The fourth-order valence-electron chi connectivity index (χ4n) is 1.77. The maximum atomic E-state index is 12.0. The van der Waals surface area contributed by atoms with Gasteiger partial charge in [0, 0.05) is 28.0 Å². The molecular weight excluding hydrogens is 296 g/mol. The van der Waals surface area contributed by atoms with E-state index in [0.29, 0.717) is 18.0 Å². The SMILES string of the molecule is COc1ncccc1Cn1cc(Br)cc(C)c1=O. The molecule has 18 heavy (non-hydrogen) atoms. The molecule has 0 amide bonds. The average molecular weight is 309 g/mol. The number of ether oxygens (including phenoxy) is 1. The second-order valence-electron chi connectivity index (χ2n) is 3.95. The monoisotopic (exact) mass is 308 g/mol. The smallest absolute Gasteiger partial charge is 0.253 e. The lowest BCUT2D eigenvalue weighted by atomic mass is 10.2. The summed E-state index contributed by atoms with van der Waals surface area (Å²) in [5.74, 6) is 0.544. The highest BCUT2D eigenvalue weighted by Crippen LogP contribution is 2.15. The maximum absolute atomic E-state index is 12.0. The molecule has 0 aromatic carbocycles. The molecule has 0 bridgehead atoms. The molecule has 2 aromatic rings. The number of halogens is 1. The Hall–Kier alpha value is -1.62. The van der Waals surface area contributed by atoms with E-state index in [4.69, 9.17) is 4.74 Å². The Kier molecular flexibility index (Phi) is 3.81. The fourth-order valence-corrected chi connectivity index (χ4v) is 2.36. The second kappa shape index (κ2) is 5.35. The minimum Gasteiger partial charge on any atom is -0.481 e. The van der Waals surface area contributed by atoms with E-state index in [-0.39, 0.29) is 5.56 Å². The molecule has 0 fully saturated rings. The molecule has 2 heterocycles. The molecule has 0 N–H and O–H groups in total. The molecule has 0 saturated heterocycles. The van der Waals surface area contributed by atoms with Crippen molar-refractivity contribution < 1.29 is 4.74 Å². The molecule has 0 aliphatic heterocycles. The molecule has 0 aliphatic rings. The Morgan fingerprint density at radius 3 is 3.00 bits per heavy atom. The number of nitrogens with zero attached hydrogens (tertiary/aromatic N) is 2. The molecule has 4 nitrogen and oxygen atoms in total. The Bertz CT molecular complexity index is 623. The van der Waals surface area contributed by atoms with Gasteiger partial charge < -0.3 is 9.30 Å². The first-order chi connectivity index (χ1) is 8.61. The number of pyridine rings is 2. The molecule has 0 atom stereocenters. The van der Waals surface area contributed by atoms with Crippen LogP contribution in [0.4, 0.5) is 0 Å². The molecule has 0 aliphatic carbocycles. The van der Waals surface area contributed by atoms with Crippen LogP contribution < -0.4 is 10.3 Å². The van der Waals surface area contributed by atoms with Crippen LogP contribution in [-0.4, -0.2) is 16.7 Å². The van der Waals surface area contributed by atoms with Gasteiger partial charge in [-0.3, -0.25) is 4.79 Å². The van der Waals surface area contributed by atoms with Crippen LogP contribution in [0.1, 0.15) is 11.1 Å². The number of hydrogen-bond acceptors (Lipinski definition) is 3. The molecule has 0 spiro atoms. The minimum atomic E-state index is -0.0101. The summed E-state index contributed by atoms with van der Waals surface area (Å²) < 4.78 is 7.69.